The van der Waals surface area contributed by atoms with Gasteiger partial charge in [0.25, 0.3) is 0 Å². The number of nitrogens with one attached hydrogen (secondary N) is 2. The molecule has 4 heterocycles. The third kappa shape index (κ3) is 4.46. The maximum atomic E-state index is 15.1. The molecule has 3 aromatic carbocycles. The second-order valence-electron chi connectivity index (χ2n) is 12.3. The van der Waals surface area contributed by atoms with Gasteiger partial charge >= 0.3 is 0 Å². The first-order valence-electron chi connectivity index (χ1n) is 15.2. The van der Waals surface area contributed by atoms with E-state index in [9.17, 15) is 17.9 Å². The molecule has 3 aromatic heterocycles. The molecule has 1 fully saturated rings. The zero-order chi connectivity index (χ0) is 32.8. The highest BCUT2D eigenvalue weighted by Gasteiger charge is 2.45. The second kappa shape index (κ2) is 10.4. The smallest absolute Gasteiger partial charge is 0.232 e. The summed E-state index contributed by atoms with van der Waals surface area (Å²) in [6, 6.07) is 19.7. The lowest BCUT2D eigenvalue weighted by atomic mass is 9.82. The van der Waals surface area contributed by atoms with Crippen molar-refractivity contribution in [3.63, 3.8) is 0 Å². The molecular formula is C35H31F2N5O4S. The standard InChI is InChI=1S/C35H31F2N5O4S/c1-38-34(43)31-23-16-22(28(41(2)47(3,44)45)18-30(23)46-33(31)19-8-10-20(36)11-9-19)25-12-13-26-32(39-25)29-17-21-24(37)6-4-7-27(21)42(29)35(40-26)14-5-15-35/h4,6-13,16-18,34,38,40,43H,5,14-15H2,1-3H3. The fraction of sp³-hybridized carbons (Fsp3) is 0.229. The molecule has 3 N–H and O–H groups in total. The average Bonchev–Trinajstić information content (AvgIpc) is 3.62. The Kier molecular flexibility index (Phi) is 6.53. The van der Waals surface area contributed by atoms with Gasteiger partial charge in [0.1, 0.15) is 40.6 Å². The molecule has 1 aliphatic carbocycles. The van der Waals surface area contributed by atoms with Gasteiger partial charge in [-0.15, -0.1) is 0 Å². The van der Waals surface area contributed by atoms with Crippen molar-refractivity contribution in [2.24, 2.45) is 0 Å². The van der Waals surface area contributed by atoms with Crippen molar-refractivity contribution in [3.05, 3.63) is 90.0 Å². The molecule has 1 saturated carbocycles. The molecule has 0 amide bonds. The molecule has 9 nitrogen and oxygen atoms in total. The van der Waals surface area contributed by atoms with Gasteiger partial charge in [0, 0.05) is 40.6 Å². The van der Waals surface area contributed by atoms with Crippen molar-refractivity contribution in [2.45, 2.75) is 31.2 Å². The van der Waals surface area contributed by atoms with E-state index in [1.54, 1.807) is 37.4 Å². The van der Waals surface area contributed by atoms with Gasteiger partial charge in [-0.25, -0.2) is 22.2 Å². The Morgan fingerprint density at radius 1 is 1.06 bits per heavy atom. The molecule has 0 bridgehead atoms. The minimum absolute atomic E-state index is 0.308. The van der Waals surface area contributed by atoms with Gasteiger partial charge in [0.2, 0.25) is 10.0 Å². The van der Waals surface area contributed by atoms with Gasteiger partial charge < -0.3 is 19.4 Å². The van der Waals surface area contributed by atoms with Gasteiger partial charge in [0.05, 0.1) is 34.5 Å². The van der Waals surface area contributed by atoms with Crippen molar-refractivity contribution in [1.29, 1.82) is 0 Å². The molecule has 1 unspecified atom stereocenters. The summed E-state index contributed by atoms with van der Waals surface area (Å²) in [4.78, 5) is 5.10. The summed E-state index contributed by atoms with van der Waals surface area (Å²) in [7, 11) is -0.684. The summed E-state index contributed by atoms with van der Waals surface area (Å²) in [5.74, 6) is -0.420. The van der Waals surface area contributed by atoms with E-state index in [1.807, 2.05) is 24.3 Å². The van der Waals surface area contributed by atoms with E-state index in [-0.39, 0.29) is 11.5 Å². The Morgan fingerprint density at radius 2 is 1.83 bits per heavy atom. The minimum Gasteiger partial charge on any atom is -0.456 e. The highest BCUT2D eigenvalue weighted by atomic mass is 32.2. The zero-order valence-electron chi connectivity index (χ0n) is 25.8. The normalized spacial score (nSPS) is 15.7. The highest BCUT2D eigenvalue weighted by molar-refractivity contribution is 7.92. The van der Waals surface area contributed by atoms with Crippen LogP contribution in [0.1, 0.15) is 31.1 Å². The fourth-order valence-electron chi connectivity index (χ4n) is 6.93. The number of nitrogens with zero attached hydrogens (tertiary/aromatic N) is 3. The largest absolute Gasteiger partial charge is 0.456 e. The number of hydrogen-bond acceptors (Lipinski definition) is 7. The summed E-state index contributed by atoms with van der Waals surface area (Å²) < 4.78 is 64.3. The number of sulfonamides is 1. The van der Waals surface area contributed by atoms with E-state index < -0.39 is 22.1 Å². The molecule has 0 radical (unpaired) electrons. The molecule has 12 heteroatoms. The van der Waals surface area contributed by atoms with Gasteiger partial charge in [0.15, 0.2) is 0 Å². The number of furan rings is 1. The molecule has 0 saturated heterocycles. The predicted molar refractivity (Wildman–Crippen MR) is 178 cm³/mol. The highest BCUT2D eigenvalue weighted by Crippen LogP contribution is 2.51. The molecule has 2 aliphatic rings. The maximum Gasteiger partial charge on any atom is 0.232 e. The Morgan fingerprint density at radius 3 is 2.51 bits per heavy atom. The monoisotopic (exact) mass is 655 g/mol. The SMILES string of the molecule is CNC(O)c1c(-c2ccc(F)cc2)oc2cc(N(C)S(C)(=O)=O)c(-c3ccc4c(n3)-c3cc5c(F)cccc5n3C3(CCC3)N4)cc12. The summed E-state index contributed by atoms with van der Waals surface area (Å²) in [5, 5.41) is 18.7. The van der Waals surface area contributed by atoms with Crippen molar-refractivity contribution in [2.75, 3.05) is 30.0 Å². The quantitative estimate of drug-likeness (QED) is 0.167. The predicted octanol–water partition coefficient (Wildman–Crippen LogP) is 6.93. The van der Waals surface area contributed by atoms with Crippen LogP contribution in [0.25, 0.3) is 55.8 Å². The Bertz CT molecular complexity index is 2350. The lowest BCUT2D eigenvalue weighted by molar-refractivity contribution is 0.150. The zero-order valence-corrected chi connectivity index (χ0v) is 26.6. The molecule has 1 atom stereocenters. The maximum absolute atomic E-state index is 15.1. The third-order valence-electron chi connectivity index (χ3n) is 9.52. The number of benzene rings is 3. The number of anilines is 2. The van der Waals surface area contributed by atoms with Gasteiger partial charge in [-0.2, -0.15) is 0 Å². The average molecular weight is 656 g/mol. The molecule has 1 spiro atoms. The number of aromatic nitrogens is 2. The van der Waals surface area contributed by atoms with Crippen LogP contribution in [-0.4, -0.2) is 43.4 Å². The third-order valence-corrected chi connectivity index (χ3v) is 10.7. The van der Waals surface area contributed by atoms with Crippen LogP contribution in [0.15, 0.2) is 77.2 Å². The van der Waals surface area contributed by atoms with Crippen LogP contribution >= 0.6 is 0 Å². The summed E-state index contributed by atoms with van der Waals surface area (Å²) in [6.45, 7) is 0. The van der Waals surface area contributed by atoms with E-state index in [0.717, 1.165) is 46.7 Å². The number of pyridine rings is 1. The second-order valence-corrected chi connectivity index (χ2v) is 14.3. The molecule has 47 heavy (non-hydrogen) atoms. The Labute approximate surface area is 269 Å². The summed E-state index contributed by atoms with van der Waals surface area (Å²) in [5.41, 5.74) is 5.10. The minimum atomic E-state index is -3.73. The van der Waals surface area contributed by atoms with E-state index in [2.05, 4.69) is 15.2 Å². The molecule has 240 valence electrons. The number of rotatable bonds is 6. The van der Waals surface area contributed by atoms with Gasteiger partial charge in [-0.3, -0.25) is 9.62 Å². The van der Waals surface area contributed by atoms with Gasteiger partial charge in [-0.1, -0.05) is 6.07 Å². The van der Waals surface area contributed by atoms with Crippen molar-refractivity contribution in [1.82, 2.24) is 14.9 Å². The van der Waals surface area contributed by atoms with Crippen LogP contribution in [0.4, 0.5) is 20.2 Å². The van der Waals surface area contributed by atoms with E-state index in [4.69, 9.17) is 9.40 Å². The number of halogens is 2. The first-order valence-corrected chi connectivity index (χ1v) is 17.1. The first-order chi connectivity index (χ1) is 22.5. The Hall–Kier alpha value is -4.78. The molecular weight excluding hydrogens is 624 g/mol. The first kappa shape index (κ1) is 29.6. The van der Waals surface area contributed by atoms with E-state index in [1.165, 1.54) is 25.2 Å². The van der Waals surface area contributed by atoms with Crippen molar-refractivity contribution >= 4 is 43.3 Å². The van der Waals surface area contributed by atoms with E-state index in [0.29, 0.717) is 55.9 Å². The lowest BCUT2D eigenvalue weighted by Crippen LogP contribution is -2.49. The number of aliphatic hydroxyl groups is 1. The number of aliphatic hydroxyl groups excluding tert-OH is 1. The van der Waals surface area contributed by atoms with Crippen LogP contribution in [0, 0.1) is 11.6 Å². The molecule has 1 aliphatic heterocycles. The van der Waals surface area contributed by atoms with Gasteiger partial charge in [-0.05, 0) is 87.0 Å². The topological polar surface area (TPSA) is 113 Å². The summed E-state index contributed by atoms with van der Waals surface area (Å²) in [6.07, 6.45) is 2.75. The van der Waals surface area contributed by atoms with Crippen LogP contribution in [0.3, 0.4) is 0 Å². The van der Waals surface area contributed by atoms with Crippen molar-refractivity contribution in [3.8, 4) is 34.0 Å². The molecule has 8 rings (SSSR count). The van der Waals surface area contributed by atoms with E-state index >= 15 is 4.39 Å². The number of fused-ring (bicyclic) bond motifs is 7. The van der Waals surface area contributed by atoms with Crippen molar-refractivity contribution < 1.29 is 26.7 Å². The Balaban J connectivity index is 1.38. The fourth-order valence-corrected chi connectivity index (χ4v) is 7.44. The summed E-state index contributed by atoms with van der Waals surface area (Å²) >= 11 is 0. The molecule has 6 aromatic rings. The number of hydrogen-bond donors (Lipinski definition) is 3. The van der Waals surface area contributed by atoms with Crippen LogP contribution in [0.5, 0.6) is 0 Å². The van der Waals surface area contributed by atoms with Crippen LogP contribution in [-0.2, 0) is 15.7 Å². The van der Waals surface area contributed by atoms with Crippen LogP contribution < -0.4 is 14.9 Å². The van der Waals surface area contributed by atoms with Crippen LogP contribution in [0.2, 0.25) is 0 Å². The lowest BCUT2D eigenvalue weighted by Gasteiger charge is -2.48.